The average molecular weight is 271 g/mol. The summed E-state index contributed by atoms with van der Waals surface area (Å²) in [6, 6.07) is 5.30. The molecular weight excluding hydrogens is 253 g/mol. The third-order valence-electron chi connectivity index (χ3n) is 3.37. The quantitative estimate of drug-likeness (QED) is 0.912. The topological polar surface area (TPSA) is 46.2 Å². The molecule has 0 spiro atoms. The fraction of sp³-hybridized carbons (Fsp3) is 0.538. The molecule has 1 aromatic carbocycles. The van der Waals surface area contributed by atoms with Gasteiger partial charge in [0, 0.05) is 12.6 Å². The molecule has 18 heavy (non-hydrogen) atoms. The zero-order valence-electron chi connectivity index (χ0n) is 10.4. The van der Waals surface area contributed by atoms with Crippen molar-refractivity contribution in [3.63, 3.8) is 0 Å². The van der Waals surface area contributed by atoms with Crippen molar-refractivity contribution < 1.29 is 12.8 Å². The van der Waals surface area contributed by atoms with Gasteiger partial charge in [-0.3, -0.25) is 0 Å². The van der Waals surface area contributed by atoms with Gasteiger partial charge in [0.25, 0.3) is 0 Å². The lowest BCUT2D eigenvalue weighted by Crippen LogP contribution is -2.37. The van der Waals surface area contributed by atoms with Gasteiger partial charge in [0.2, 0.25) is 0 Å². The third kappa shape index (κ3) is 3.53. The fourth-order valence-electron chi connectivity index (χ4n) is 2.17. The smallest absolute Gasteiger partial charge is 0.150 e. The standard InChI is InChI=1S/C13H18FNO2S/c1-10-8-11(2-3-13(10)14)9-15-12-4-6-18(16,17)7-5-12/h2-3,8,12,15H,4-7,9H2,1H3. The Morgan fingerprint density at radius 3 is 2.61 bits per heavy atom. The third-order valence-corrected chi connectivity index (χ3v) is 5.09. The molecule has 2 rings (SSSR count). The predicted molar refractivity (Wildman–Crippen MR) is 69.7 cm³/mol. The highest BCUT2D eigenvalue weighted by molar-refractivity contribution is 7.91. The second-order valence-electron chi connectivity index (χ2n) is 4.89. The SMILES string of the molecule is Cc1cc(CNC2CCS(=O)(=O)CC2)ccc1F. The summed E-state index contributed by atoms with van der Waals surface area (Å²) in [5.41, 5.74) is 1.67. The van der Waals surface area contributed by atoms with Crippen LogP contribution in [0.15, 0.2) is 18.2 Å². The van der Waals surface area contributed by atoms with Gasteiger partial charge >= 0.3 is 0 Å². The van der Waals surface area contributed by atoms with E-state index >= 15 is 0 Å². The summed E-state index contributed by atoms with van der Waals surface area (Å²) in [5, 5.41) is 3.34. The van der Waals surface area contributed by atoms with Crippen LogP contribution < -0.4 is 5.32 Å². The Morgan fingerprint density at radius 1 is 1.33 bits per heavy atom. The second-order valence-corrected chi connectivity index (χ2v) is 7.19. The van der Waals surface area contributed by atoms with Crippen molar-refractivity contribution in [3.8, 4) is 0 Å². The Balaban J connectivity index is 1.87. The van der Waals surface area contributed by atoms with Crippen molar-refractivity contribution in [2.45, 2.75) is 32.4 Å². The van der Waals surface area contributed by atoms with Crippen LogP contribution in [0.3, 0.4) is 0 Å². The predicted octanol–water partition coefficient (Wildman–Crippen LogP) is 1.80. The molecule has 0 atom stereocenters. The van der Waals surface area contributed by atoms with E-state index in [-0.39, 0.29) is 23.4 Å². The summed E-state index contributed by atoms with van der Waals surface area (Å²) in [6.45, 7) is 2.40. The van der Waals surface area contributed by atoms with Crippen LogP contribution in [0, 0.1) is 12.7 Å². The van der Waals surface area contributed by atoms with E-state index in [0.717, 1.165) is 5.56 Å². The molecule has 0 amide bonds. The highest BCUT2D eigenvalue weighted by Gasteiger charge is 2.22. The highest BCUT2D eigenvalue weighted by Crippen LogP contribution is 2.14. The van der Waals surface area contributed by atoms with Crippen LogP contribution in [0.2, 0.25) is 0 Å². The summed E-state index contributed by atoms with van der Waals surface area (Å²) in [7, 11) is -2.80. The molecule has 1 aliphatic rings. The van der Waals surface area contributed by atoms with E-state index in [9.17, 15) is 12.8 Å². The molecule has 1 aromatic rings. The normalized spacial score (nSPS) is 19.9. The first-order valence-electron chi connectivity index (χ1n) is 6.15. The summed E-state index contributed by atoms with van der Waals surface area (Å²) < 4.78 is 35.7. The number of benzene rings is 1. The van der Waals surface area contributed by atoms with Gasteiger partial charge in [-0.05, 0) is 37.0 Å². The van der Waals surface area contributed by atoms with Crippen LogP contribution in [0.4, 0.5) is 4.39 Å². The molecule has 5 heteroatoms. The number of hydrogen-bond donors (Lipinski definition) is 1. The Kier molecular flexibility index (Phi) is 4.02. The number of halogens is 1. The summed E-state index contributed by atoms with van der Waals surface area (Å²) in [5.74, 6) is 0.350. The molecule has 3 nitrogen and oxygen atoms in total. The first-order chi connectivity index (χ1) is 8.46. The monoisotopic (exact) mass is 271 g/mol. The summed E-state index contributed by atoms with van der Waals surface area (Å²) in [4.78, 5) is 0. The Bertz CT molecular complexity index is 514. The molecule has 1 saturated heterocycles. The van der Waals surface area contributed by atoms with Gasteiger partial charge in [-0.25, -0.2) is 12.8 Å². The lowest BCUT2D eigenvalue weighted by molar-refractivity contribution is 0.462. The molecule has 1 N–H and O–H groups in total. The first kappa shape index (κ1) is 13.5. The van der Waals surface area contributed by atoms with Gasteiger partial charge in [-0.2, -0.15) is 0 Å². The summed E-state index contributed by atoms with van der Waals surface area (Å²) in [6.07, 6.45) is 1.34. The Morgan fingerprint density at radius 2 is 2.00 bits per heavy atom. The molecule has 1 fully saturated rings. The minimum Gasteiger partial charge on any atom is -0.310 e. The number of nitrogens with one attached hydrogen (secondary N) is 1. The van der Waals surface area contributed by atoms with E-state index in [0.29, 0.717) is 24.9 Å². The average Bonchev–Trinajstić information content (AvgIpc) is 2.32. The molecule has 1 aliphatic heterocycles. The van der Waals surface area contributed by atoms with Crippen molar-refractivity contribution in [1.82, 2.24) is 5.32 Å². The molecule has 0 unspecified atom stereocenters. The van der Waals surface area contributed by atoms with Gasteiger partial charge in [0.1, 0.15) is 15.7 Å². The Hall–Kier alpha value is -0.940. The number of sulfone groups is 1. The van der Waals surface area contributed by atoms with E-state index in [2.05, 4.69) is 5.32 Å². The van der Waals surface area contributed by atoms with Gasteiger partial charge in [0.05, 0.1) is 11.5 Å². The molecule has 1 heterocycles. The molecule has 0 saturated carbocycles. The van der Waals surface area contributed by atoms with Crippen LogP contribution in [0.1, 0.15) is 24.0 Å². The van der Waals surface area contributed by atoms with Crippen molar-refractivity contribution >= 4 is 9.84 Å². The van der Waals surface area contributed by atoms with Crippen LogP contribution in [-0.4, -0.2) is 26.0 Å². The van der Waals surface area contributed by atoms with E-state index in [1.165, 1.54) is 6.07 Å². The number of rotatable bonds is 3. The zero-order valence-corrected chi connectivity index (χ0v) is 11.3. The van der Waals surface area contributed by atoms with Crippen molar-refractivity contribution in [1.29, 1.82) is 0 Å². The lowest BCUT2D eigenvalue weighted by Gasteiger charge is -2.23. The van der Waals surface area contributed by atoms with E-state index in [1.807, 2.05) is 6.07 Å². The Labute approximate surface area is 107 Å². The first-order valence-corrected chi connectivity index (χ1v) is 7.97. The van der Waals surface area contributed by atoms with Crippen molar-refractivity contribution in [2.24, 2.45) is 0 Å². The minimum absolute atomic E-state index is 0.192. The maximum Gasteiger partial charge on any atom is 0.150 e. The van der Waals surface area contributed by atoms with Crippen LogP contribution in [-0.2, 0) is 16.4 Å². The lowest BCUT2D eigenvalue weighted by atomic mass is 10.1. The maximum atomic E-state index is 13.1. The highest BCUT2D eigenvalue weighted by atomic mass is 32.2. The van der Waals surface area contributed by atoms with Gasteiger partial charge < -0.3 is 5.32 Å². The number of aryl methyl sites for hydroxylation is 1. The van der Waals surface area contributed by atoms with Gasteiger partial charge in [0.15, 0.2) is 0 Å². The second kappa shape index (κ2) is 5.36. The maximum absolute atomic E-state index is 13.1. The molecular formula is C13H18FNO2S. The van der Waals surface area contributed by atoms with Crippen molar-refractivity contribution in [2.75, 3.05) is 11.5 Å². The molecule has 0 aromatic heterocycles. The molecule has 0 radical (unpaired) electrons. The largest absolute Gasteiger partial charge is 0.310 e. The fourth-order valence-corrected chi connectivity index (χ4v) is 3.66. The van der Waals surface area contributed by atoms with Crippen LogP contribution in [0.25, 0.3) is 0 Å². The van der Waals surface area contributed by atoms with E-state index in [1.54, 1.807) is 13.0 Å². The van der Waals surface area contributed by atoms with Gasteiger partial charge in [-0.15, -0.1) is 0 Å². The molecule has 0 aliphatic carbocycles. The molecule has 100 valence electrons. The van der Waals surface area contributed by atoms with Crippen LogP contribution in [0.5, 0.6) is 0 Å². The molecule has 0 bridgehead atoms. The van der Waals surface area contributed by atoms with Crippen molar-refractivity contribution in [3.05, 3.63) is 35.1 Å². The van der Waals surface area contributed by atoms with Crippen LogP contribution >= 0.6 is 0 Å². The zero-order chi connectivity index (χ0) is 13.2. The summed E-state index contributed by atoms with van der Waals surface area (Å²) >= 11 is 0. The van der Waals surface area contributed by atoms with E-state index in [4.69, 9.17) is 0 Å². The van der Waals surface area contributed by atoms with Gasteiger partial charge in [-0.1, -0.05) is 12.1 Å². The number of hydrogen-bond acceptors (Lipinski definition) is 3. The minimum atomic E-state index is -2.80. The van der Waals surface area contributed by atoms with E-state index < -0.39 is 9.84 Å².